The number of ether oxygens (including phenoxy) is 1. The summed E-state index contributed by atoms with van der Waals surface area (Å²) in [6.07, 6.45) is -2.36. The number of hydrogen-bond acceptors (Lipinski definition) is 10. The maximum absolute atomic E-state index is 16.5. The van der Waals surface area contributed by atoms with E-state index in [-0.39, 0.29) is 53.4 Å². The first-order valence-corrected chi connectivity index (χ1v) is 17.2. The van der Waals surface area contributed by atoms with Gasteiger partial charge in [-0.05, 0) is 25.0 Å². The van der Waals surface area contributed by atoms with Crippen LogP contribution in [0.1, 0.15) is 37.7 Å². The predicted molar refractivity (Wildman–Crippen MR) is 159 cm³/mol. The molecule has 6 atom stereocenters. The van der Waals surface area contributed by atoms with Gasteiger partial charge in [0.15, 0.2) is 18.7 Å². The normalized spacial score (nSPS) is 29.8. The molecule has 2 bridgehead atoms. The average Bonchev–Trinajstić information content (AvgIpc) is 3.60. The van der Waals surface area contributed by atoms with Crippen molar-refractivity contribution in [1.29, 1.82) is 0 Å². The molecule has 0 radical (unpaired) electrons. The van der Waals surface area contributed by atoms with Crippen LogP contribution in [-0.2, 0) is 15.3 Å². The van der Waals surface area contributed by atoms with E-state index in [1.165, 1.54) is 6.20 Å². The molecule has 2 aromatic heterocycles. The van der Waals surface area contributed by atoms with Crippen LogP contribution in [-0.4, -0.2) is 92.7 Å². The molecule has 19 heteroatoms. The molecule has 12 nitrogen and oxygen atoms in total. The third-order valence-corrected chi connectivity index (χ3v) is 10.8. The lowest BCUT2D eigenvalue weighted by molar-refractivity contribution is -0.966. The summed E-state index contributed by atoms with van der Waals surface area (Å²) in [6, 6.07) is 1.34. The minimum atomic E-state index is -5.12. The molecule has 4 unspecified atom stereocenters. The zero-order valence-electron chi connectivity index (χ0n) is 25.2. The Morgan fingerprint density at radius 3 is 2.65 bits per heavy atom. The first kappa shape index (κ1) is 33.6. The monoisotopic (exact) mass is 720 g/mol. The number of halogens is 6. The first-order valence-electron chi connectivity index (χ1n) is 15.4. The van der Waals surface area contributed by atoms with Crippen LogP contribution in [0.15, 0.2) is 18.3 Å². The van der Waals surface area contributed by atoms with Gasteiger partial charge in [-0.15, -0.1) is 0 Å². The number of hydrogen-bond donors (Lipinski definition) is 3. The number of fused-ring (bicyclic) bond motifs is 4. The van der Waals surface area contributed by atoms with Gasteiger partial charge in [-0.2, -0.15) is 23.1 Å². The van der Waals surface area contributed by atoms with Crippen LogP contribution in [0.3, 0.4) is 0 Å². The lowest BCUT2D eigenvalue weighted by Crippen LogP contribution is -2.60. The van der Waals surface area contributed by atoms with Crippen LogP contribution in [0.5, 0.6) is 11.8 Å². The van der Waals surface area contributed by atoms with Crippen LogP contribution < -0.4 is 19.8 Å². The molecule has 0 saturated carbocycles. The van der Waals surface area contributed by atoms with E-state index < -0.39 is 71.4 Å². The van der Waals surface area contributed by atoms with Crippen molar-refractivity contribution >= 4 is 36.1 Å². The van der Waals surface area contributed by atoms with E-state index in [0.29, 0.717) is 38.5 Å². The molecule has 4 saturated heterocycles. The minimum Gasteiger partial charge on any atom is -0.756 e. The van der Waals surface area contributed by atoms with Crippen LogP contribution in [0, 0.1) is 5.82 Å². The van der Waals surface area contributed by atoms with Crippen molar-refractivity contribution in [2.24, 2.45) is 0 Å². The zero-order valence-corrected chi connectivity index (χ0v) is 26.9. The minimum absolute atomic E-state index is 0.00650. The molecular weight excluding hydrogens is 690 g/mol. The van der Waals surface area contributed by atoms with Crippen LogP contribution >= 0.6 is 19.4 Å². The van der Waals surface area contributed by atoms with E-state index in [1.54, 1.807) is 0 Å². The molecule has 0 amide bonds. The van der Waals surface area contributed by atoms with Crippen LogP contribution in [0.2, 0.25) is 5.02 Å². The quantitative estimate of drug-likeness (QED) is 0.176. The summed E-state index contributed by atoms with van der Waals surface area (Å²) in [7, 11) is -5.12. The molecule has 48 heavy (non-hydrogen) atoms. The molecule has 4 aliphatic heterocycles. The second-order valence-electron chi connectivity index (χ2n) is 13.1. The summed E-state index contributed by atoms with van der Waals surface area (Å²) >= 11 is 5.87. The number of phenols is 1. The van der Waals surface area contributed by atoms with Crippen molar-refractivity contribution in [2.45, 2.75) is 62.1 Å². The number of phosphoric ester groups is 1. The highest BCUT2D eigenvalue weighted by Gasteiger charge is 2.63. The van der Waals surface area contributed by atoms with Crippen molar-refractivity contribution in [1.82, 2.24) is 20.3 Å². The van der Waals surface area contributed by atoms with Gasteiger partial charge in [0.2, 0.25) is 0 Å². The van der Waals surface area contributed by atoms with Crippen LogP contribution in [0.25, 0.3) is 22.2 Å². The number of alkyl halides is 4. The van der Waals surface area contributed by atoms with Crippen molar-refractivity contribution in [3.05, 3.63) is 34.7 Å². The maximum Gasteiger partial charge on any atom is 0.418 e. The first-order chi connectivity index (χ1) is 22.6. The number of aromatic nitrogens is 3. The molecule has 3 N–H and O–H groups in total. The fraction of sp³-hybridized carbons (Fsp3) is 0.552. The Kier molecular flexibility index (Phi) is 8.29. The number of piperazine rings is 1. The highest BCUT2D eigenvalue weighted by atomic mass is 35.5. The number of phosphoric acid groups is 1. The van der Waals surface area contributed by atoms with Crippen molar-refractivity contribution < 1.29 is 55.2 Å². The number of benzene rings is 1. The van der Waals surface area contributed by atoms with E-state index in [9.17, 15) is 37.0 Å². The number of nitrogens with zero attached hydrogens (tertiary/aromatic N) is 5. The average molecular weight is 721 g/mol. The van der Waals surface area contributed by atoms with E-state index in [0.717, 1.165) is 18.9 Å². The van der Waals surface area contributed by atoms with Gasteiger partial charge in [-0.25, -0.2) is 8.78 Å². The Hall–Kier alpha value is -2.92. The predicted octanol–water partition coefficient (Wildman–Crippen LogP) is 4.05. The summed E-state index contributed by atoms with van der Waals surface area (Å²) in [5, 5.41) is 12.8. The van der Waals surface area contributed by atoms with Gasteiger partial charge >= 0.3 is 12.2 Å². The SMILES string of the molecule is O=P([O-])(O)OC[N+]12CCC[C@@]1(COc1nc(N3CC4CCC(C3)N4)c3cnc(-c4cc(O)cc(Cl)c4C(F)(F)F)c(F)c3n1)C[C@@H](F)C2. The Morgan fingerprint density at radius 2 is 1.96 bits per heavy atom. The lowest BCUT2D eigenvalue weighted by Gasteiger charge is -2.43. The maximum atomic E-state index is 16.5. The Balaban J connectivity index is 1.32. The molecule has 1 aromatic carbocycles. The third-order valence-electron chi connectivity index (χ3n) is 10.1. The number of anilines is 1. The number of phenolic OH excluding ortho intramolecular Hbond substituents is 1. The van der Waals surface area contributed by atoms with Crippen molar-refractivity contribution in [2.75, 3.05) is 44.4 Å². The molecule has 260 valence electrons. The Morgan fingerprint density at radius 1 is 1.23 bits per heavy atom. The highest BCUT2D eigenvalue weighted by Crippen LogP contribution is 2.49. The standard InChI is InChI=1S/C29H31ClF5N6O6P/c30-21-7-18(42)6-19(22(21)29(33,34)35)24-23(32)25-20(9-36-24)26(40-10-16-2-3-17(11-40)37-16)39-27(38-25)46-13-28-4-1-5-41(28,12-15(31)8-28)14-47-48(43,44)45/h6-7,9,15-17,37H,1-5,8,10-14H2,(H2-,42,43,44,45)/t15-,16?,17?,28+,41?/m1/s1. The Labute approximate surface area is 275 Å². The zero-order chi connectivity index (χ0) is 34.2. The van der Waals surface area contributed by atoms with Crippen LogP contribution in [0.4, 0.5) is 27.8 Å². The summed E-state index contributed by atoms with van der Waals surface area (Å²) in [4.78, 5) is 35.5. The van der Waals surface area contributed by atoms with Crippen molar-refractivity contribution in [3.63, 3.8) is 0 Å². The highest BCUT2D eigenvalue weighted by molar-refractivity contribution is 7.44. The van der Waals surface area contributed by atoms with E-state index in [4.69, 9.17) is 20.9 Å². The van der Waals surface area contributed by atoms with E-state index in [1.807, 2.05) is 4.90 Å². The van der Waals surface area contributed by atoms with Gasteiger partial charge in [0.1, 0.15) is 41.5 Å². The molecule has 6 heterocycles. The summed E-state index contributed by atoms with van der Waals surface area (Å²) < 4.78 is 95.9. The second-order valence-corrected chi connectivity index (χ2v) is 14.7. The molecule has 3 aromatic rings. The summed E-state index contributed by atoms with van der Waals surface area (Å²) in [5.74, 6) is -1.62. The number of pyridine rings is 1. The number of quaternary nitrogens is 1. The fourth-order valence-electron chi connectivity index (χ4n) is 8.08. The number of aromatic hydroxyl groups is 1. The molecular formula is C29H31ClF5N6O6P. The third kappa shape index (κ3) is 5.97. The number of rotatable bonds is 8. The molecule has 4 fully saturated rings. The lowest BCUT2D eigenvalue weighted by atomic mass is 9.94. The van der Waals surface area contributed by atoms with Gasteiger partial charge in [0.25, 0.3) is 7.82 Å². The largest absolute Gasteiger partial charge is 0.756 e. The molecule has 0 aliphatic carbocycles. The van der Waals surface area contributed by atoms with E-state index >= 15 is 4.39 Å². The molecule has 0 spiro atoms. The van der Waals surface area contributed by atoms with Gasteiger partial charge in [-0.1, -0.05) is 11.6 Å². The Bertz CT molecular complexity index is 1810. The summed E-state index contributed by atoms with van der Waals surface area (Å²) in [6.45, 7) is 0.540. The van der Waals surface area contributed by atoms with Gasteiger partial charge in [0.05, 0.1) is 22.5 Å². The summed E-state index contributed by atoms with van der Waals surface area (Å²) in [5.41, 5.74) is -4.31. The van der Waals surface area contributed by atoms with Gasteiger partial charge in [0, 0.05) is 56.2 Å². The fourth-order valence-corrected chi connectivity index (χ4v) is 8.77. The van der Waals surface area contributed by atoms with E-state index in [2.05, 4.69) is 20.3 Å². The van der Waals surface area contributed by atoms with Crippen molar-refractivity contribution in [3.8, 4) is 23.0 Å². The second kappa shape index (κ2) is 11.9. The molecule has 4 aliphatic rings. The van der Waals surface area contributed by atoms with Gasteiger partial charge < -0.3 is 29.8 Å². The van der Waals surface area contributed by atoms with Gasteiger partial charge in [-0.3, -0.25) is 18.6 Å². The smallest absolute Gasteiger partial charge is 0.418 e. The number of nitrogens with one attached hydrogen (secondary N) is 1. The molecule has 7 rings (SSSR count). The topological polar surface area (TPSA) is 153 Å².